The minimum absolute atomic E-state index is 0.0891. The smallest absolute Gasteiger partial charge is 0.234 e. The molecule has 2 rings (SSSR count). The molecule has 2 aliphatic heterocycles. The van der Waals surface area contributed by atoms with Crippen LogP contribution < -0.4 is 0 Å². The fourth-order valence-corrected chi connectivity index (χ4v) is 2.59. The van der Waals surface area contributed by atoms with E-state index in [1.807, 2.05) is 0 Å². The number of alkyl halides is 1. The van der Waals surface area contributed by atoms with E-state index in [1.54, 1.807) is 7.05 Å². The molecule has 0 aliphatic carbocycles. The van der Waals surface area contributed by atoms with Crippen molar-refractivity contribution in [1.82, 2.24) is 9.80 Å². The molecule has 22 heavy (non-hydrogen) atoms. The summed E-state index contributed by atoms with van der Waals surface area (Å²) in [6.07, 6.45) is 2.13. The average molecular weight is 313 g/mol. The molecule has 0 aromatic heterocycles. The number of hydrogen-bond acceptors (Lipinski definition) is 5. The fourth-order valence-electron chi connectivity index (χ4n) is 2.59. The van der Waals surface area contributed by atoms with Crippen molar-refractivity contribution in [1.29, 1.82) is 0 Å². The lowest BCUT2D eigenvalue weighted by atomic mass is 10.2. The number of rotatable bonds is 5. The van der Waals surface area contributed by atoms with Gasteiger partial charge in [-0.3, -0.25) is 14.5 Å². The molecule has 0 bridgehead atoms. The second kappa shape index (κ2) is 7.46. The molecule has 0 aromatic carbocycles. The van der Waals surface area contributed by atoms with Crippen LogP contribution in [0, 0.1) is 0 Å². The molecule has 2 fully saturated rings. The van der Waals surface area contributed by atoms with Crippen LogP contribution in [0.1, 0.15) is 19.3 Å². The number of nitrogens with zero attached hydrogens (tertiary/aromatic N) is 3. The van der Waals surface area contributed by atoms with E-state index in [9.17, 15) is 14.0 Å². The number of aliphatic hydroxyl groups excluding tert-OH is 1. The highest BCUT2D eigenvalue weighted by Crippen LogP contribution is 2.25. The van der Waals surface area contributed by atoms with Crippen LogP contribution in [0.15, 0.2) is 17.3 Å². The Bertz CT molecular complexity index is 483. The van der Waals surface area contributed by atoms with Crippen LogP contribution in [-0.2, 0) is 14.3 Å². The molecule has 2 saturated heterocycles. The zero-order chi connectivity index (χ0) is 16.1. The van der Waals surface area contributed by atoms with Crippen LogP contribution >= 0.6 is 0 Å². The standard InChI is InChI=1S/C14H20FN3O4/c1-17(14-11(15)7-10(8-19)22-14)6-4-12(16-9-20)18-5-2-3-13(18)21/h4,6,9-11,14,19H,2-3,5,7-8H2,1H3/b6-4-,16-12?. The van der Waals surface area contributed by atoms with Gasteiger partial charge in [-0.25, -0.2) is 4.39 Å². The number of carbonyl (C=O) groups is 2. The summed E-state index contributed by atoms with van der Waals surface area (Å²) in [4.78, 5) is 28.9. The van der Waals surface area contributed by atoms with Crippen LogP contribution in [0.3, 0.4) is 0 Å². The van der Waals surface area contributed by atoms with E-state index >= 15 is 0 Å². The molecule has 1 N–H and O–H groups in total. The maximum atomic E-state index is 13.8. The summed E-state index contributed by atoms with van der Waals surface area (Å²) in [5.74, 6) is 0.144. The molecule has 3 unspecified atom stereocenters. The lowest BCUT2D eigenvalue weighted by Crippen LogP contribution is -2.35. The Hall–Kier alpha value is -1.80. The first-order valence-corrected chi connectivity index (χ1v) is 7.19. The third kappa shape index (κ3) is 3.69. The van der Waals surface area contributed by atoms with Gasteiger partial charge in [0.2, 0.25) is 12.3 Å². The predicted octanol–water partition coefficient (Wildman–Crippen LogP) is 0.0546. The molecule has 122 valence electrons. The van der Waals surface area contributed by atoms with Gasteiger partial charge in [0, 0.05) is 32.6 Å². The molecule has 0 spiro atoms. The van der Waals surface area contributed by atoms with Crippen molar-refractivity contribution in [3.8, 4) is 0 Å². The lowest BCUT2D eigenvalue weighted by Gasteiger charge is -2.24. The second-order valence-electron chi connectivity index (χ2n) is 5.31. The lowest BCUT2D eigenvalue weighted by molar-refractivity contribution is -0.124. The van der Waals surface area contributed by atoms with Gasteiger partial charge in [-0.05, 0) is 12.5 Å². The maximum Gasteiger partial charge on any atom is 0.234 e. The minimum atomic E-state index is -1.22. The van der Waals surface area contributed by atoms with E-state index < -0.39 is 18.5 Å². The highest BCUT2D eigenvalue weighted by Gasteiger charge is 2.36. The van der Waals surface area contributed by atoms with Gasteiger partial charge in [-0.15, -0.1) is 0 Å². The van der Waals surface area contributed by atoms with E-state index in [4.69, 9.17) is 9.84 Å². The molecular formula is C14H20FN3O4. The molecule has 2 aliphatic rings. The molecule has 2 heterocycles. The molecule has 0 radical (unpaired) electrons. The van der Waals surface area contributed by atoms with Gasteiger partial charge in [0.05, 0.1) is 12.7 Å². The molecule has 8 heteroatoms. The van der Waals surface area contributed by atoms with Gasteiger partial charge in [0.15, 0.2) is 6.23 Å². The Labute approximate surface area is 128 Å². The third-order valence-corrected chi connectivity index (χ3v) is 3.73. The topological polar surface area (TPSA) is 82.4 Å². The minimum Gasteiger partial charge on any atom is -0.394 e. The molecule has 0 aromatic rings. The number of amidine groups is 1. The predicted molar refractivity (Wildman–Crippen MR) is 76.6 cm³/mol. The monoisotopic (exact) mass is 313 g/mol. The molecule has 2 amide bonds. The number of halogens is 1. The SMILES string of the molecule is CN(/C=C\C(=NC=O)N1CCCC1=O)C1OC(CO)CC1F. The van der Waals surface area contributed by atoms with E-state index in [1.165, 1.54) is 22.1 Å². The highest BCUT2D eigenvalue weighted by molar-refractivity contribution is 6.07. The van der Waals surface area contributed by atoms with Gasteiger partial charge in [-0.1, -0.05) is 0 Å². The zero-order valence-corrected chi connectivity index (χ0v) is 12.4. The first kappa shape index (κ1) is 16.6. The summed E-state index contributed by atoms with van der Waals surface area (Å²) in [7, 11) is 1.62. The first-order chi connectivity index (χ1) is 10.6. The summed E-state index contributed by atoms with van der Waals surface area (Å²) in [5, 5.41) is 9.01. The number of aliphatic hydroxyl groups is 1. The van der Waals surface area contributed by atoms with Crippen molar-refractivity contribution in [3.05, 3.63) is 12.3 Å². The van der Waals surface area contributed by atoms with Crippen molar-refractivity contribution >= 4 is 18.2 Å². The summed E-state index contributed by atoms with van der Waals surface area (Å²) >= 11 is 0. The van der Waals surface area contributed by atoms with Crippen molar-refractivity contribution < 1.29 is 23.8 Å². The zero-order valence-electron chi connectivity index (χ0n) is 12.4. The van der Waals surface area contributed by atoms with Crippen molar-refractivity contribution in [3.63, 3.8) is 0 Å². The summed E-state index contributed by atoms with van der Waals surface area (Å²) in [6.45, 7) is 0.284. The number of amides is 2. The Balaban J connectivity index is 2.03. The number of carbonyl (C=O) groups excluding carboxylic acids is 2. The fraction of sp³-hybridized carbons (Fsp3) is 0.643. The Morgan fingerprint density at radius 1 is 1.64 bits per heavy atom. The van der Waals surface area contributed by atoms with Crippen LogP contribution in [0.25, 0.3) is 0 Å². The quantitative estimate of drug-likeness (QED) is 0.441. The van der Waals surface area contributed by atoms with Gasteiger partial charge in [-0.2, -0.15) is 4.99 Å². The van der Waals surface area contributed by atoms with Crippen molar-refractivity contribution in [2.24, 2.45) is 4.99 Å². The Morgan fingerprint density at radius 3 is 2.95 bits per heavy atom. The maximum absolute atomic E-state index is 13.8. The Kier molecular flexibility index (Phi) is 5.62. The normalized spacial score (nSPS) is 29.6. The van der Waals surface area contributed by atoms with E-state index in [0.717, 1.165) is 6.42 Å². The van der Waals surface area contributed by atoms with Crippen molar-refractivity contribution in [2.75, 3.05) is 20.2 Å². The van der Waals surface area contributed by atoms with E-state index in [-0.39, 0.29) is 24.8 Å². The summed E-state index contributed by atoms with van der Waals surface area (Å²) < 4.78 is 19.2. The third-order valence-electron chi connectivity index (χ3n) is 3.73. The number of aliphatic imine (C=N–C) groups is 1. The number of hydrogen-bond donors (Lipinski definition) is 1. The van der Waals surface area contributed by atoms with Crippen LogP contribution in [0.5, 0.6) is 0 Å². The van der Waals surface area contributed by atoms with Crippen molar-refractivity contribution in [2.45, 2.75) is 37.8 Å². The largest absolute Gasteiger partial charge is 0.394 e. The average Bonchev–Trinajstić information content (AvgIpc) is 3.09. The van der Waals surface area contributed by atoms with Crippen LogP contribution in [0.2, 0.25) is 0 Å². The first-order valence-electron chi connectivity index (χ1n) is 7.19. The molecular weight excluding hydrogens is 293 g/mol. The van der Waals surface area contributed by atoms with E-state index in [2.05, 4.69) is 4.99 Å². The molecule has 0 saturated carbocycles. The summed E-state index contributed by atoms with van der Waals surface area (Å²) in [6, 6.07) is 0. The van der Waals surface area contributed by atoms with E-state index in [0.29, 0.717) is 19.4 Å². The van der Waals surface area contributed by atoms with Gasteiger partial charge < -0.3 is 14.7 Å². The summed E-state index contributed by atoms with van der Waals surface area (Å²) in [5.41, 5.74) is 0. The number of ether oxygens (including phenoxy) is 1. The van der Waals surface area contributed by atoms with Gasteiger partial charge in [0.1, 0.15) is 12.0 Å². The highest BCUT2D eigenvalue weighted by atomic mass is 19.1. The van der Waals surface area contributed by atoms with Gasteiger partial charge >= 0.3 is 0 Å². The number of likely N-dealkylation sites (tertiary alicyclic amines) is 1. The molecule has 7 nitrogen and oxygen atoms in total. The Morgan fingerprint density at radius 2 is 2.41 bits per heavy atom. The van der Waals surface area contributed by atoms with Crippen LogP contribution in [-0.4, -0.2) is 71.8 Å². The molecule has 3 atom stereocenters. The van der Waals surface area contributed by atoms with Crippen LogP contribution in [0.4, 0.5) is 4.39 Å². The van der Waals surface area contributed by atoms with Gasteiger partial charge in [0.25, 0.3) is 0 Å². The second-order valence-corrected chi connectivity index (χ2v) is 5.31.